The van der Waals surface area contributed by atoms with E-state index in [1.165, 1.54) is 61.8 Å². The topological polar surface area (TPSA) is 42.0 Å². The van der Waals surface area contributed by atoms with E-state index >= 15 is 0 Å². The molecule has 1 heterocycles. The molecule has 212 valence electrons. The first kappa shape index (κ1) is 28.0. The number of benzene rings is 2. The molecule has 39 heavy (non-hydrogen) atoms. The van der Waals surface area contributed by atoms with E-state index in [9.17, 15) is 4.79 Å². The second-order valence-corrected chi connectivity index (χ2v) is 12.2. The Kier molecular flexibility index (Phi) is 9.49. The first-order valence-corrected chi connectivity index (χ1v) is 15.4. The number of hydrogen-bond donors (Lipinski definition) is 0. The number of hydrogen-bond acceptors (Lipinski definition) is 4. The van der Waals surface area contributed by atoms with E-state index in [4.69, 9.17) is 9.47 Å². The lowest BCUT2D eigenvalue weighted by molar-refractivity contribution is -0.123. The summed E-state index contributed by atoms with van der Waals surface area (Å²) in [5.74, 6) is 2.66. The Balaban J connectivity index is 1.29. The molecule has 1 saturated heterocycles. The van der Waals surface area contributed by atoms with Gasteiger partial charge in [-0.1, -0.05) is 37.5 Å². The Labute approximate surface area is 235 Å². The molecule has 3 aliphatic rings. The lowest BCUT2D eigenvalue weighted by Crippen LogP contribution is -2.41. The lowest BCUT2D eigenvalue weighted by Gasteiger charge is -2.36. The van der Waals surface area contributed by atoms with Gasteiger partial charge in [-0.3, -0.25) is 4.79 Å². The summed E-state index contributed by atoms with van der Waals surface area (Å²) in [6.45, 7) is 5.00. The van der Waals surface area contributed by atoms with Gasteiger partial charge in [0, 0.05) is 44.0 Å². The van der Waals surface area contributed by atoms with Gasteiger partial charge < -0.3 is 19.3 Å². The van der Waals surface area contributed by atoms with Crippen LogP contribution in [0.4, 0.5) is 11.4 Å². The first-order valence-electron chi connectivity index (χ1n) is 15.4. The molecule has 1 aliphatic heterocycles. The van der Waals surface area contributed by atoms with Crippen LogP contribution in [-0.4, -0.2) is 45.9 Å². The number of carbonyl (C=O) groups excluding carboxylic acids is 1. The quantitative estimate of drug-likeness (QED) is 0.353. The van der Waals surface area contributed by atoms with Crippen LogP contribution >= 0.6 is 0 Å². The number of anilines is 2. The Morgan fingerprint density at radius 1 is 0.897 bits per heavy atom. The van der Waals surface area contributed by atoms with Crippen molar-refractivity contribution >= 4 is 17.3 Å². The molecule has 0 N–H and O–H groups in total. The molecule has 5 heteroatoms. The van der Waals surface area contributed by atoms with E-state index in [1.54, 1.807) is 7.11 Å². The third-order valence-electron chi connectivity index (χ3n) is 9.68. The zero-order valence-corrected chi connectivity index (χ0v) is 24.4. The van der Waals surface area contributed by atoms with Crippen molar-refractivity contribution < 1.29 is 14.3 Å². The smallest absolute Gasteiger partial charge is 0.230 e. The van der Waals surface area contributed by atoms with E-state index < -0.39 is 0 Å². The fourth-order valence-electron chi connectivity index (χ4n) is 7.19. The van der Waals surface area contributed by atoms with Gasteiger partial charge in [-0.15, -0.1) is 0 Å². The van der Waals surface area contributed by atoms with E-state index in [0.29, 0.717) is 23.8 Å². The predicted molar refractivity (Wildman–Crippen MR) is 160 cm³/mol. The number of amides is 1. The Morgan fingerprint density at radius 2 is 1.64 bits per heavy atom. The van der Waals surface area contributed by atoms with Crippen LogP contribution in [0.1, 0.15) is 87.7 Å². The van der Waals surface area contributed by atoms with Crippen molar-refractivity contribution in [3.8, 4) is 5.75 Å². The fourth-order valence-corrected chi connectivity index (χ4v) is 7.19. The molecule has 5 nitrogen and oxygen atoms in total. The van der Waals surface area contributed by atoms with Crippen LogP contribution in [0.15, 0.2) is 42.5 Å². The maximum absolute atomic E-state index is 14.0. The summed E-state index contributed by atoms with van der Waals surface area (Å²) in [7, 11) is 3.56. The Hall–Kier alpha value is -2.53. The molecule has 0 spiro atoms. The number of aryl methyl sites for hydroxylation is 1. The summed E-state index contributed by atoms with van der Waals surface area (Å²) in [5, 5.41) is 0. The summed E-state index contributed by atoms with van der Waals surface area (Å²) in [4.78, 5) is 18.7. The lowest BCUT2D eigenvalue weighted by atomic mass is 9.78. The summed E-state index contributed by atoms with van der Waals surface area (Å²) >= 11 is 0. The monoisotopic (exact) mass is 532 g/mol. The summed E-state index contributed by atoms with van der Waals surface area (Å²) < 4.78 is 11.1. The number of methoxy groups -OCH3 is 2. The number of ether oxygens (including phenoxy) is 2. The minimum absolute atomic E-state index is 0.179. The van der Waals surface area contributed by atoms with Gasteiger partial charge in [-0.2, -0.15) is 0 Å². The van der Waals surface area contributed by atoms with Crippen molar-refractivity contribution in [2.24, 2.45) is 11.8 Å². The van der Waals surface area contributed by atoms with Crippen molar-refractivity contribution in [1.82, 2.24) is 0 Å². The molecular weight excluding hydrogens is 484 g/mol. The third-order valence-corrected chi connectivity index (χ3v) is 9.68. The third kappa shape index (κ3) is 6.80. The molecule has 2 aromatic rings. The molecule has 1 amide bonds. The van der Waals surface area contributed by atoms with Crippen molar-refractivity contribution in [3.63, 3.8) is 0 Å². The normalized spacial score (nSPS) is 23.0. The highest BCUT2D eigenvalue weighted by Crippen LogP contribution is 2.39. The van der Waals surface area contributed by atoms with Gasteiger partial charge in [-0.25, -0.2) is 0 Å². The van der Waals surface area contributed by atoms with Gasteiger partial charge in [0.2, 0.25) is 5.91 Å². The van der Waals surface area contributed by atoms with Gasteiger partial charge in [0.15, 0.2) is 0 Å². The summed E-state index contributed by atoms with van der Waals surface area (Å²) in [6, 6.07) is 15.5. The molecule has 0 atom stereocenters. The number of rotatable bonds is 8. The summed E-state index contributed by atoms with van der Waals surface area (Å²) in [5.41, 5.74) is 4.98. The zero-order chi connectivity index (χ0) is 27.2. The number of carbonyl (C=O) groups is 1. The van der Waals surface area contributed by atoms with E-state index in [0.717, 1.165) is 56.8 Å². The first-order chi connectivity index (χ1) is 19.1. The van der Waals surface area contributed by atoms with Crippen molar-refractivity contribution in [1.29, 1.82) is 0 Å². The highest BCUT2D eigenvalue weighted by Gasteiger charge is 2.31. The highest BCUT2D eigenvalue weighted by atomic mass is 16.5. The second kappa shape index (κ2) is 13.2. The molecule has 0 unspecified atom stereocenters. The highest BCUT2D eigenvalue weighted by molar-refractivity contribution is 5.95. The molecule has 2 saturated carbocycles. The maximum atomic E-state index is 14.0. The minimum atomic E-state index is 0.179. The Bertz CT molecular complexity index is 1080. The second-order valence-electron chi connectivity index (χ2n) is 12.2. The van der Waals surface area contributed by atoms with Gasteiger partial charge in [0.1, 0.15) is 5.75 Å². The van der Waals surface area contributed by atoms with Crippen LogP contribution in [0.5, 0.6) is 5.75 Å². The number of piperidine rings is 1. The molecular formula is C34H48N2O3. The van der Waals surface area contributed by atoms with Crippen LogP contribution in [0.2, 0.25) is 0 Å². The van der Waals surface area contributed by atoms with Crippen LogP contribution in [0.3, 0.4) is 0 Å². The Morgan fingerprint density at radius 3 is 2.31 bits per heavy atom. The molecule has 2 aromatic carbocycles. The van der Waals surface area contributed by atoms with Crippen molar-refractivity contribution in [2.75, 3.05) is 43.7 Å². The van der Waals surface area contributed by atoms with Gasteiger partial charge in [0.25, 0.3) is 0 Å². The van der Waals surface area contributed by atoms with E-state index in [1.807, 2.05) is 7.11 Å². The molecule has 0 radical (unpaired) electrons. The molecule has 3 fully saturated rings. The SMILES string of the molecule is COc1ccc(C2CCC(CN(C(=O)C3CCCCC3)c3cccc(N4CCC(OC)CC4)c3)CC2)cc1C. The average molecular weight is 533 g/mol. The molecule has 5 rings (SSSR count). The molecule has 0 bridgehead atoms. The van der Waals surface area contributed by atoms with Gasteiger partial charge in [0.05, 0.1) is 13.2 Å². The van der Waals surface area contributed by atoms with Crippen molar-refractivity contribution in [3.05, 3.63) is 53.6 Å². The average Bonchev–Trinajstić information content (AvgIpc) is 3.00. The van der Waals surface area contributed by atoms with E-state index in [-0.39, 0.29) is 5.92 Å². The molecule has 0 aromatic heterocycles. The number of nitrogens with zero attached hydrogens (tertiary/aromatic N) is 2. The van der Waals surface area contributed by atoms with Crippen LogP contribution in [0.25, 0.3) is 0 Å². The molecule has 2 aliphatic carbocycles. The standard InChI is InChI=1S/C34H48N2O3/c1-25-22-29(16-17-33(25)39-3)27-14-12-26(13-15-27)24-36(34(37)28-8-5-4-6-9-28)31-11-7-10-30(23-31)35-20-18-32(38-2)19-21-35/h7,10-11,16-17,22-23,26-28,32H,4-6,8-9,12-15,18-21,24H2,1-3H3. The van der Waals surface area contributed by atoms with Crippen LogP contribution < -0.4 is 14.5 Å². The maximum Gasteiger partial charge on any atom is 0.230 e. The largest absolute Gasteiger partial charge is 0.496 e. The minimum Gasteiger partial charge on any atom is -0.496 e. The van der Waals surface area contributed by atoms with E-state index in [2.05, 4.69) is 59.2 Å². The summed E-state index contributed by atoms with van der Waals surface area (Å²) in [6.07, 6.45) is 12.9. The fraction of sp³-hybridized carbons (Fsp3) is 0.618. The van der Waals surface area contributed by atoms with Gasteiger partial charge >= 0.3 is 0 Å². The van der Waals surface area contributed by atoms with Gasteiger partial charge in [-0.05, 0) is 106 Å². The zero-order valence-electron chi connectivity index (χ0n) is 24.4. The van der Waals surface area contributed by atoms with Crippen molar-refractivity contribution in [2.45, 2.75) is 89.6 Å². The van der Waals surface area contributed by atoms with Crippen LogP contribution in [-0.2, 0) is 9.53 Å². The predicted octanol–water partition coefficient (Wildman–Crippen LogP) is 7.51. The van der Waals surface area contributed by atoms with Crippen LogP contribution in [0, 0.1) is 18.8 Å².